The van der Waals surface area contributed by atoms with Gasteiger partial charge in [-0.25, -0.2) is 4.98 Å². The van der Waals surface area contributed by atoms with Crippen LogP contribution in [0.5, 0.6) is 0 Å². The second kappa shape index (κ2) is 6.28. The van der Waals surface area contributed by atoms with Gasteiger partial charge in [-0.2, -0.15) is 0 Å². The Hall–Kier alpha value is -2.71. The molecular formula is C14H11N3O2. The summed E-state index contributed by atoms with van der Waals surface area (Å²) in [6, 6.07) is 7.08. The van der Waals surface area contributed by atoms with Crippen molar-refractivity contribution in [2.24, 2.45) is 0 Å². The van der Waals surface area contributed by atoms with Crippen LogP contribution < -0.4 is 5.32 Å². The predicted molar refractivity (Wildman–Crippen MR) is 70.4 cm³/mol. The molecule has 2 aromatic rings. The number of amides is 1. The molecule has 2 N–H and O–H groups in total. The summed E-state index contributed by atoms with van der Waals surface area (Å²) in [6.45, 7) is -0.230. The summed E-state index contributed by atoms with van der Waals surface area (Å²) in [7, 11) is 0. The molecule has 2 rings (SSSR count). The zero-order valence-corrected chi connectivity index (χ0v) is 10.00. The number of aliphatic hydroxyl groups excluding tert-OH is 1. The van der Waals surface area contributed by atoms with Gasteiger partial charge >= 0.3 is 0 Å². The van der Waals surface area contributed by atoms with Crippen LogP contribution in [-0.2, 0) is 0 Å². The van der Waals surface area contributed by atoms with E-state index in [1.54, 1.807) is 24.3 Å². The van der Waals surface area contributed by atoms with Gasteiger partial charge in [0.25, 0.3) is 5.91 Å². The molecule has 0 aliphatic heterocycles. The molecule has 0 saturated carbocycles. The number of aromatic nitrogens is 2. The highest BCUT2D eigenvalue weighted by Gasteiger charge is 2.08. The zero-order chi connectivity index (χ0) is 13.5. The van der Waals surface area contributed by atoms with Gasteiger partial charge in [-0.1, -0.05) is 24.0 Å². The first-order valence-electron chi connectivity index (χ1n) is 5.57. The molecule has 0 atom stereocenters. The van der Waals surface area contributed by atoms with Gasteiger partial charge in [0.2, 0.25) is 0 Å². The van der Waals surface area contributed by atoms with Crippen molar-refractivity contribution in [3.05, 3.63) is 54.1 Å². The summed E-state index contributed by atoms with van der Waals surface area (Å²) in [5.74, 6) is 4.96. The lowest BCUT2D eigenvalue weighted by Gasteiger charge is -2.06. The van der Waals surface area contributed by atoms with Crippen molar-refractivity contribution >= 4 is 11.6 Å². The Bertz CT molecular complexity index is 630. The lowest BCUT2D eigenvalue weighted by Crippen LogP contribution is -2.14. The summed E-state index contributed by atoms with van der Waals surface area (Å²) in [5, 5.41) is 11.4. The SMILES string of the molecule is O=C(Nc1ccccc1C#CCO)c1cnccn1. The molecule has 1 aromatic carbocycles. The quantitative estimate of drug-likeness (QED) is 0.785. The molecule has 94 valence electrons. The number of benzene rings is 1. The second-order valence-corrected chi connectivity index (χ2v) is 3.55. The van der Waals surface area contributed by atoms with Gasteiger partial charge in [-0.3, -0.25) is 9.78 Å². The standard InChI is InChI=1S/C14H11N3O2/c18-9-3-5-11-4-1-2-6-12(11)17-14(19)13-10-15-7-8-16-13/h1-2,4,6-8,10,18H,9H2,(H,17,19). The van der Waals surface area contributed by atoms with Crippen LogP contribution in [0.2, 0.25) is 0 Å². The Morgan fingerprint density at radius 1 is 1.32 bits per heavy atom. The van der Waals surface area contributed by atoms with E-state index in [9.17, 15) is 4.79 Å². The second-order valence-electron chi connectivity index (χ2n) is 3.55. The van der Waals surface area contributed by atoms with E-state index >= 15 is 0 Å². The maximum absolute atomic E-state index is 11.9. The van der Waals surface area contributed by atoms with Crippen LogP contribution >= 0.6 is 0 Å². The first-order valence-corrected chi connectivity index (χ1v) is 5.57. The number of carbonyl (C=O) groups is 1. The van der Waals surface area contributed by atoms with Crippen LogP contribution in [0.1, 0.15) is 16.1 Å². The van der Waals surface area contributed by atoms with Gasteiger partial charge in [0.15, 0.2) is 0 Å². The number of nitrogens with zero attached hydrogens (tertiary/aromatic N) is 2. The highest BCUT2D eigenvalue weighted by Crippen LogP contribution is 2.14. The number of hydrogen-bond acceptors (Lipinski definition) is 4. The molecular weight excluding hydrogens is 242 g/mol. The molecule has 5 heteroatoms. The molecule has 1 amide bonds. The monoisotopic (exact) mass is 253 g/mol. The highest BCUT2D eigenvalue weighted by molar-refractivity contribution is 6.03. The Kier molecular flexibility index (Phi) is 4.21. The molecule has 0 saturated heterocycles. The van der Waals surface area contributed by atoms with Crippen molar-refractivity contribution < 1.29 is 9.90 Å². The molecule has 0 aliphatic carbocycles. The molecule has 0 aliphatic rings. The summed E-state index contributed by atoms with van der Waals surface area (Å²) in [4.78, 5) is 19.7. The summed E-state index contributed by atoms with van der Waals surface area (Å²) < 4.78 is 0. The smallest absolute Gasteiger partial charge is 0.275 e. The van der Waals surface area contributed by atoms with E-state index in [4.69, 9.17) is 5.11 Å². The normalized spacial score (nSPS) is 9.32. The fraction of sp³-hybridized carbons (Fsp3) is 0.0714. The first kappa shape index (κ1) is 12.7. The molecule has 0 fully saturated rings. The van der Waals surface area contributed by atoms with Crippen molar-refractivity contribution in [3.8, 4) is 11.8 Å². The third-order valence-electron chi connectivity index (χ3n) is 2.27. The number of aliphatic hydroxyl groups is 1. The number of carbonyl (C=O) groups excluding carboxylic acids is 1. The minimum Gasteiger partial charge on any atom is -0.384 e. The Morgan fingerprint density at radius 3 is 2.89 bits per heavy atom. The van der Waals surface area contributed by atoms with E-state index in [-0.39, 0.29) is 18.2 Å². The summed E-state index contributed by atoms with van der Waals surface area (Å²) >= 11 is 0. The van der Waals surface area contributed by atoms with Crippen molar-refractivity contribution in [1.29, 1.82) is 0 Å². The fourth-order valence-electron chi connectivity index (χ4n) is 1.44. The Labute approximate surface area is 110 Å². The van der Waals surface area contributed by atoms with Crippen LogP contribution in [-0.4, -0.2) is 27.6 Å². The van der Waals surface area contributed by atoms with Gasteiger partial charge in [-0.05, 0) is 12.1 Å². The topological polar surface area (TPSA) is 75.1 Å². The molecule has 1 aromatic heterocycles. The number of rotatable bonds is 2. The molecule has 5 nitrogen and oxygen atoms in total. The molecule has 1 heterocycles. The minimum absolute atomic E-state index is 0.229. The molecule has 19 heavy (non-hydrogen) atoms. The zero-order valence-electron chi connectivity index (χ0n) is 10.00. The number of hydrogen-bond donors (Lipinski definition) is 2. The summed E-state index contributed by atoms with van der Waals surface area (Å²) in [6.07, 6.45) is 4.33. The van der Waals surface area contributed by atoms with Crippen LogP contribution in [0.15, 0.2) is 42.9 Å². The first-order chi connectivity index (χ1) is 9.31. The van der Waals surface area contributed by atoms with Gasteiger partial charge in [-0.15, -0.1) is 0 Å². The Balaban J connectivity index is 2.22. The van der Waals surface area contributed by atoms with Gasteiger partial charge in [0.05, 0.1) is 11.9 Å². The van der Waals surface area contributed by atoms with Gasteiger partial charge < -0.3 is 10.4 Å². The average Bonchev–Trinajstić information content (AvgIpc) is 2.47. The summed E-state index contributed by atoms with van der Waals surface area (Å²) in [5.41, 5.74) is 1.43. The van der Waals surface area contributed by atoms with Crippen LogP contribution in [0.3, 0.4) is 0 Å². The Morgan fingerprint density at radius 2 is 2.16 bits per heavy atom. The van der Waals surface area contributed by atoms with Crippen LogP contribution in [0.4, 0.5) is 5.69 Å². The number of para-hydroxylation sites is 1. The maximum Gasteiger partial charge on any atom is 0.275 e. The van der Waals surface area contributed by atoms with Crippen molar-refractivity contribution in [2.45, 2.75) is 0 Å². The van der Waals surface area contributed by atoms with E-state index in [0.717, 1.165) is 0 Å². The largest absolute Gasteiger partial charge is 0.384 e. The van der Waals surface area contributed by atoms with E-state index in [0.29, 0.717) is 11.3 Å². The van der Waals surface area contributed by atoms with Gasteiger partial charge in [0.1, 0.15) is 12.3 Å². The van der Waals surface area contributed by atoms with E-state index in [2.05, 4.69) is 27.1 Å². The average molecular weight is 253 g/mol. The lowest BCUT2D eigenvalue weighted by atomic mass is 10.2. The minimum atomic E-state index is -0.355. The molecule has 0 unspecified atom stereocenters. The van der Waals surface area contributed by atoms with Gasteiger partial charge in [0, 0.05) is 18.0 Å². The van der Waals surface area contributed by atoms with E-state index in [1.807, 2.05) is 0 Å². The molecule has 0 radical (unpaired) electrons. The maximum atomic E-state index is 11.9. The fourth-order valence-corrected chi connectivity index (χ4v) is 1.44. The van der Waals surface area contributed by atoms with E-state index in [1.165, 1.54) is 18.6 Å². The molecule has 0 bridgehead atoms. The van der Waals surface area contributed by atoms with Crippen molar-refractivity contribution in [2.75, 3.05) is 11.9 Å². The predicted octanol–water partition coefficient (Wildman–Crippen LogP) is 1.07. The lowest BCUT2D eigenvalue weighted by molar-refractivity contribution is 0.102. The number of anilines is 1. The third kappa shape index (κ3) is 3.37. The highest BCUT2D eigenvalue weighted by atomic mass is 16.2. The van der Waals surface area contributed by atoms with Crippen molar-refractivity contribution in [3.63, 3.8) is 0 Å². The van der Waals surface area contributed by atoms with Crippen LogP contribution in [0.25, 0.3) is 0 Å². The molecule has 0 spiro atoms. The third-order valence-corrected chi connectivity index (χ3v) is 2.27. The van der Waals surface area contributed by atoms with Crippen molar-refractivity contribution in [1.82, 2.24) is 9.97 Å². The van der Waals surface area contributed by atoms with Crippen LogP contribution in [0, 0.1) is 11.8 Å². The van der Waals surface area contributed by atoms with E-state index < -0.39 is 0 Å². The number of nitrogens with one attached hydrogen (secondary N) is 1.